The SMILES string of the molecule is CCc1c(C(=O)O)nnn1CCOc1ccc(Cl)cc1. The highest BCUT2D eigenvalue weighted by molar-refractivity contribution is 6.30. The van der Waals surface area contributed by atoms with Crippen LogP contribution in [0.4, 0.5) is 0 Å². The highest BCUT2D eigenvalue weighted by Gasteiger charge is 2.16. The van der Waals surface area contributed by atoms with Gasteiger partial charge >= 0.3 is 5.97 Å². The summed E-state index contributed by atoms with van der Waals surface area (Å²) in [4.78, 5) is 11.0. The molecule has 2 aromatic rings. The molecule has 0 amide bonds. The van der Waals surface area contributed by atoms with Crippen molar-refractivity contribution in [3.8, 4) is 5.75 Å². The Morgan fingerprint density at radius 2 is 2.10 bits per heavy atom. The van der Waals surface area contributed by atoms with Crippen LogP contribution in [0.3, 0.4) is 0 Å². The third kappa shape index (κ3) is 3.27. The van der Waals surface area contributed by atoms with Crippen molar-refractivity contribution < 1.29 is 14.6 Å². The molecule has 0 aliphatic heterocycles. The molecule has 106 valence electrons. The Morgan fingerprint density at radius 1 is 1.40 bits per heavy atom. The van der Waals surface area contributed by atoms with Gasteiger partial charge < -0.3 is 9.84 Å². The fourth-order valence-electron chi connectivity index (χ4n) is 1.81. The zero-order chi connectivity index (χ0) is 14.5. The first kappa shape index (κ1) is 14.3. The second-order valence-electron chi connectivity index (χ2n) is 4.07. The molecule has 1 heterocycles. The lowest BCUT2D eigenvalue weighted by molar-refractivity contribution is 0.0689. The van der Waals surface area contributed by atoms with E-state index < -0.39 is 5.97 Å². The molecule has 0 saturated heterocycles. The van der Waals surface area contributed by atoms with Gasteiger partial charge in [-0.05, 0) is 30.7 Å². The van der Waals surface area contributed by atoms with Gasteiger partial charge in [0, 0.05) is 5.02 Å². The Hall–Kier alpha value is -2.08. The van der Waals surface area contributed by atoms with E-state index in [0.29, 0.717) is 36.0 Å². The molecule has 0 aliphatic carbocycles. The summed E-state index contributed by atoms with van der Waals surface area (Å²) in [7, 11) is 0. The van der Waals surface area contributed by atoms with Crippen LogP contribution in [0, 0.1) is 0 Å². The number of aromatic carboxylic acids is 1. The summed E-state index contributed by atoms with van der Waals surface area (Å²) in [6.45, 7) is 2.67. The van der Waals surface area contributed by atoms with Gasteiger partial charge in [0.2, 0.25) is 0 Å². The third-order valence-electron chi connectivity index (χ3n) is 2.76. The number of carboxylic acids is 1. The van der Waals surface area contributed by atoms with Gasteiger partial charge in [-0.15, -0.1) is 5.10 Å². The average Bonchev–Trinajstić information content (AvgIpc) is 2.84. The molecular weight excluding hydrogens is 282 g/mol. The zero-order valence-corrected chi connectivity index (χ0v) is 11.7. The van der Waals surface area contributed by atoms with E-state index >= 15 is 0 Å². The number of hydrogen-bond acceptors (Lipinski definition) is 4. The number of ether oxygens (including phenoxy) is 1. The number of nitrogens with zero attached hydrogens (tertiary/aromatic N) is 3. The van der Waals surface area contributed by atoms with E-state index in [9.17, 15) is 4.79 Å². The average molecular weight is 296 g/mol. The Balaban J connectivity index is 1.97. The number of carboxylic acid groups (broad SMARTS) is 1. The van der Waals surface area contributed by atoms with Gasteiger partial charge in [-0.1, -0.05) is 23.7 Å². The van der Waals surface area contributed by atoms with Crippen LogP contribution in [0.1, 0.15) is 23.1 Å². The number of rotatable bonds is 6. The summed E-state index contributed by atoms with van der Waals surface area (Å²) in [5.41, 5.74) is 0.594. The molecule has 0 unspecified atom stereocenters. The molecule has 0 atom stereocenters. The summed E-state index contributed by atoms with van der Waals surface area (Å²) in [6, 6.07) is 7.03. The van der Waals surface area contributed by atoms with E-state index in [4.69, 9.17) is 21.4 Å². The second kappa shape index (κ2) is 6.38. The maximum Gasteiger partial charge on any atom is 0.358 e. The van der Waals surface area contributed by atoms with Crippen molar-refractivity contribution in [3.05, 3.63) is 40.7 Å². The summed E-state index contributed by atoms with van der Waals surface area (Å²) in [5.74, 6) is -0.363. The predicted molar refractivity (Wildman–Crippen MR) is 73.3 cm³/mol. The second-order valence-corrected chi connectivity index (χ2v) is 4.51. The maximum absolute atomic E-state index is 11.0. The monoisotopic (exact) mass is 295 g/mol. The molecule has 7 heteroatoms. The summed E-state index contributed by atoms with van der Waals surface area (Å²) in [5, 5.41) is 17.1. The smallest absolute Gasteiger partial charge is 0.358 e. The van der Waals surface area contributed by atoms with E-state index in [1.807, 2.05) is 6.92 Å². The topological polar surface area (TPSA) is 77.2 Å². The van der Waals surface area contributed by atoms with Crippen molar-refractivity contribution in [1.82, 2.24) is 15.0 Å². The van der Waals surface area contributed by atoms with Crippen LogP contribution >= 0.6 is 11.6 Å². The molecule has 0 fully saturated rings. The number of carbonyl (C=O) groups is 1. The normalized spacial score (nSPS) is 10.5. The van der Waals surface area contributed by atoms with Crippen LogP contribution in [0.2, 0.25) is 5.02 Å². The molecular formula is C13H14ClN3O3. The van der Waals surface area contributed by atoms with Gasteiger partial charge in [0.1, 0.15) is 12.4 Å². The number of halogens is 1. The first-order chi connectivity index (χ1) is 9.61. The van der Waals surface area contributed by atoms with E-state index in [0.717, 1.165) is 0 Å². The van der Waals surface area contributed by atoms with Crippen molar-refractivity contribution in [1.29, 1.82) is 0 Å². The summed E-state index contributed by atoms with van der Waals surface area (Å²) < 4.78 is 7.09. The van der Waals surface area contributed by atoms with Crippen LogP contribution in [0.15, 0.2) is 24.3 Å². The van der Waals surface area contributed by atoms with Crippen LogP contribution in [-0.4, -0.2) is 32.7 Å². The number of aromatic nitrogens is 3. The van der Waals surface area contributed by atoms with Crippen LogP contribution in [0.5, 0.6) is 5.75 Å². The molecule has 1 aromatic carbocycles. The van der Waals surface area contributed by atoms with Crippen LogP contribution in [0.25, 0.3) is 0 Å². The quantitative estimate of drug-likeness (QED) is 0.884. The van der Waals surface area contributed by atoms with Gasteiger partial charge in [-0.3, -0.25) is 0 Å². The summed E-state index contributed by atoms with van der Waals surface area (Å²) >= 11 is 5.78. The van der Waals surface area contributed by atoms with Gasteiger partial charge in [-0.25, -0.2) is 9.48 Å². The fourth-order valence-corrected chi connectivity index (χ4v) is 1.94. The molecule has 0 aliphatic rings. The first-order valence-electron chi connectivity index (χ1n) is 6.15. The molecule has 20 heavy (non-hydrogen) atoms. The van der Waals surface area contributed by atoms with Gasteiger partial charge in [-0.2, -0.15) is 0 Å². The zero-order valence-electron chi connectivity index (χ0n) is 10.9. The molecule has 1 N–H and O–H groups in total. The van der Waals surface area contributed by atoms with Crippen molar-refractivity contribution >= 4 is 17.6 Å². The van der Waals surface area contributed by atoms with E-state index in [-0.39, 0.29) is 5.69 Å². The van der Waals surface area contributed by atoms with E-state index in [2.05, 4.69) is 10.3 Å². The highest BCUT2D eigenvalue weighted by atomic mass is 35.5. The Labute approximate surface area is 120 Å². The fraction of sp³-hybridized carbons (Fsp3) is 0.308. The van der Waals surface area contributed by atoms with Crippen molar-refractivity contribution in [2.75, 3.05) is 6.61 Å². The number of hydrogen-bond donors (Lipinski definition) is 1. The van der Waals surface area contributed by atoms with Crippen molar-refractivity contribution in [2.45, 2.75) is 19.9 Å². The lowest BCUT2D eigenvalue weighted by Crippen LogP contribution is -2.13. The van der Waals surface area contributed by atoms with Crippen LogP contribution in [-0.2, 0) is 13.0 Å². The lowest BCUT2D eigenvalue weighted by Gasteiger charge is -2.08. The van der Waals surface area contributed by atoms with E-state index in [1.54, 1.807) is 28.9 Å². The van der Waals surface area contributed by atoms with E-state index in [1.165, 1.54) is 0 Å². The molecule has 0 radical (unpaired) electrons. The largest absolute Gasteiger partial charge is 0.492 e. The molecule has 0 spiro atoms. The minimum Gasteiger partial charge on any atom is -0.492 e. The Morgan fingerprint density at radius 3 is 2.70 bits per heavy atom. The number of benzene rings is 1. The van der Waals surface area contributed by atoms with Gasteiger partial charge in [0.15, 0.2) is 5.69 Å². The predicted octanol–water partition coefficient (Wildman–Crippen LogP) is 2.27. The molecule has 1 aromatic heterocycles. The maximum atomic E-state index is 11.0. The van der Waals surface area contributed by atoms with Gasteiger partial charge in [0.05, 0.1) is 12.2 Å². The molecule has 0 saturated carbocycles. The first-order valence-corrected chi connectivity index (χ1v) is 6.53. The van der Waals surface area contributed by atoms with Crippen molar-refractivity contribution in [2.24, 2.45) is 0 Å². The minimum absolute atomic E-state index is 0.000932. The molecule has 0 bridgehead atoms. The Bertz CT molecular complexity index is 595. The van der Waals surface area contributed by atoms with Gasteiger partial charge in [0.25, 0.3) is 0 Å². The molecule has 6 nitrogen and oxygen atoms in total. The van der Waals surface area contributed by atoms with Crippen molar-refractivity contribution in [3.63, 3.8) is 0 Å². The molecule has 2 rings (SSSR count). The third-order valence-corrected chi connectivity index (χ3v) is 3.01. The highest BCUT2D eigenvalue weighted by Crippen LogP contribution is 2.15. The standard InChI is InChI=1S/C13H14ClN3O3/c1-2-11-12(13(18)19)15-16-17(11)7-8-20-10-5-3-9(14)4-6-10/h3-6H,2,7-8H2,1H3,(H,18,19). The van der Waals surface area contributed by atoms with Crippen LogP contribution < -0.4 is 4.74 Å². The summed E-state index contributed by atoms with van der Waals surface area (Å²) in [6.07, 6.45) is 0.551. The Kier molecular flexibility index (Phi) is 4.57. The lowest BCUT2D eigenvalue weighted by atomic mass is 10.2. The minimum atomic E-state index is -1.06.